The first-order valence-electron chi connectivity index (χ1n) is 10.5. The maximum atomic E-state index is 13.0. The molecule has 3 aromatic rings. The van der Waals surface area contributed by atoms with Crippen LogP contribution in [0.5, 0.6) is 5.75 Å². The van der Waals surface area contributed by atoms with Gasteiger partial charge in [-0.15, -0.1) is 0 Å². The smallest absolute Gasteiger partial charge is 0.241 e. The summed E-state index contributed by atoms with van der Waals surface area (Å²) in [6.07, 6.45) is 2.38. The summed E-state index contributed by atoms with van der Waals surface area (Å²) < 4.78 is 5.27. The number of carbonyl (C=O) groups excluding carboxylic acids is 1. The number of amides is 1. The van der Waals surface area contributed by atoms with Crippen molar-refractivity contribution in [3.63, 3.8) is 0 Å². The van der Waals surface area contributed by atoms with Gasteiger partial charge in [0, 0.05) is 17.3 Å². The number of carbonyl (C=O) groups is 1. The molecule has 1 aliphatic rings. The lowest BCUT2D eigenvalue weighted by Crippen LogP contribution is -2.41. The van der Waals surface area contributed by atoms with Crippen molar-refractivity contribution in [3.8, 4) is 16.9 Å². The number of rotatable bonds is 8. The molecule has 4 heteroatoms. The molecule has 0 aliphatic heterocycles. The third-order valence-electron chi connectivity index (χ3n) is 5.66. The Labute approximate surface area is 178 Å². The van der Waals surface area contributed by atoms with E-state index in [0.717, 1.165) is 22.6 Å². The van der Waals surface area contributed by atoms with Crippen LogP contribution in [0, 0.1) is 5.92 Å². The molecular formula is C26H28N2O2. The SMILES string of the molecule is COc1ccc(C(NC(C)C(=O)Nc2ccccc2-c2ccccc2)C2CC2)cc1. The zero-order chi connectivity index (χ0) is 20.9. The standard InChI is InChI=1S/C26H28N2O2/c1-18(27-25(20-12-13-20)21-14-16-22(30-2)17-15-21)26(29)28-24-11-7-6-10-23(24)19-8-4-3-5-9-19/h3-11,14-18,20,25,27H,12-13H2,1-2H3,(H,28,29). The topological polar surface area (TPSA) is 50.4 Å². The van der Waals surface area contributed by atoms with E-state index in [4.69, 9.17) is 4.74 Å². The second kappa shape index (κ2) is 9.14. The van der Waals surface area contributed by atoms with Gasteiger partial charge < -0.3 is 10.1 Å². The van der Waals surface area contributed by atoms with Gasteiger partial charge >= 0.3 is 0 Å². The van der Waals surface area contributed by atoms with Crippen LogP contribution < -0.4 is 15.4 Å². The summed E-state index contributed by atoms with van der Waals surface area (Å²) in [4.78, 5) is 13.0. The minimum absolute atomic E-state index is 0.0301. The molecule has 0 heterocycles. The molecule has 0 bridgehead atoms. The van der Waals surface area contributed by atoms with E-state index in [1.807, 2.05) is 61.5 Å². The van der Waals surface area contributed by atoms with Gasteiger partial charge in [-0.3, -0.25) is 10.1 Å². The minimum atomic E-state index is -0.318. The number of benzene rings is 3. The Morgan fingerprint density at radius 3 is 2.27 bits per heavy atom. The van der Waals surface area contributed by atoms with Crippen molar-refractivity contribution in [1.29, 1.82) is 0 Å². The molecule has 3 aromatic carbocycles. The number of nitrogens with one attached hydrogen (secondary N) is 2. The summed E-state index contributed by atoms with van der Waals surface area (Å²) in [6, 6.07) is 26.0. The summed E-state index contributed by atoms with van der Waals surface area (Å²) in [7, 11) is 1.67. The van der Waals surface area contributed by atoms with E-state index >= 15 is 0 Å². The van der Waals surface area contributed by atoms with Gasteiger partial charge in [-0.2, -0.15) is 0 Å². The van der Waals surface area contributed by atoms with Crippen LogP contribution in [0.1, 0.15) is 31.4 Å². The van der Waals surface area contributed by atoms with Crippen LogP contribution in [-0.4, -0.2) is 19.1 Å². The second-order valence-corrected chi connectivity index (χ2v) is 7.88. The molecule has 2 atom stereocenters. The van der Waals surface area contributed by atoms with E-state index in [-0.39, 0.29) is 18.0 Å². The number of para-hydroxylation sites is 1. The fourth-order valence-electron chi connectivity index (χ4n) is 3.79. The number of hydrogen-bond acceptors (Lipinski definition) is 3. The van der Waals surface area contributed by atoms with E-state index in [9.17, 15) is 4.79 Å². The highest BCUT2D eigenvalue weighted by Crippen LogP contribution is 2.41. The van der Waals surface area contributed by atoms with Crippen LogP contribution in [0.3, 0.4) is 0 Å². The van der Waals surface area contributed by atoms with Gasteiger partial charge in [0.1, 0.15) is 5.75 Å². The Bertz CT molecular complexity index is 981. The maximum Gasteiger partial charge on any atom is 0.241 e. The number of methoxy groups -OCH3 is 1. The first kappa shape index (κ1) is 20.2. The van der Waals surface area contributed by atoms with Gasteiger partial charge in [-0.1, -0.05) is 60.7 Å². The van der Waals surface area contributed by atoms with Crippen molar-refractivity contribution in [2.75, 3.05) is 12.4 Å². The van der Waals surface area contributed by atoms with Crippen LogP contribution in [0.4, 0.5) is 5.69 Å². The Morgan fingerprint density at radius 2 is 1.60 bits per heavy atom. The second-order valence-electron chi connectivity index (χ2n) is 7.88. The molecule has 1 aliphatic carbocycles. The lowest BCUT2D eigenvalue weighted by atomic mass is 10.0. The average molecular weight is 401 g/mol. The molecule has 2 N–H and O–H groups in total. The van der Waals surface area contributed by atoms with Gasteiger partial charge in [-0.25, -0.2) is 0 Å². The first-order valence-corrected chi connectivity index (χ1v) is 10.5. The monoisotopic (exact) mass is 400 g/mol. The molecule has 1 fully saturated rings. The van der Waals surface area contributed by atoms with Gasteiger partial charge in [-0.05, 0) is 55.0 Å². The number of ether oxygens (including phenoxy) is 1. The summed E-state index contributed by atoms with van der Waals surface area (Å²) >= 11 is 0. The highest BCUT2D eigenvalue weighted by molar-refractivity contribution is 5.98. The molecule has 0 aromatic heterocycles. The third kappa shape index (κ3) is 4.71. The van der Waals surface area contributed by atoms with E-state index in [1.165, 1.54) is 18.4 Å². The van der Waals surface area contributed by atoms with E-state index in [0.29, 0.717) is 5.92 Å². The van der Waals surface area contributed by atoms with Crippen molar-refractivity contribution < 1.29 is 9.53 Å². The summed E-state index contributed by atoms with van der Waals surface area (Å²) in [5.74, 6) is 1.39. The first-order chi connectivity index (χ1) is 14.7. The fourth-order valence-corrected chi connectivity index (χ4v) is 3.79. The van der Waals surface area contributed by atoms with Crippen LogP contribution in [0.15, 0.2) is 78.9 Å². The molecule has 0 radical (unpaired) electrons. The van der Waals surface area contributed by atoms with Gasteiger partial charge in [0.15, 0.2) is 0 Å². The van der Waals surface area contributed by atoms with E-state index < -0.39 is 0 Å². The molecule has 1 amide bonds. The molecule has 4 rings (SSSR count). The lowest BCUT2D eigenvalue weighted by Gasteiger charge is -2.24. The predicted octanol–water partition coefficient (Wildman–Crippen LogP) is 5.43. The van der Waals surface area contributed by atoms with Gasteiger partial charge in [0.25, 0.3) is 0 Å². The highest BCUT2D eigenvalue weighted by atomic mass is 16.5. The van der Waals surface area contributed by atoms with Crippen molar-refractivity contribution in [2.24, 2.45) is 5.92 Å². The van der Waals surface area contributed by atoms with Crippen molar-refractivity contribution in [1.82, 2.24) is 5.32 Å². The molecule has 154 valence electrons. The molecule has 1 saturated carbocycles. The molecule has 0 spiro atoms. The molecule has 30 heavy (non-hydrogen) atoms. The van der Waals surface area contributed by atoms with E-state index in [1.54, 1.807) is 7.11 Å². The molecule has 0 saturated heterocycles. The normalized spacial score (nSPS) is 15.3. The maximum absolute atomic E-state index is 13.0. The zero-order valence-corrected chi connectivity index (χ0v) is 17.5. The van der Waals surface area contributed by atoms with Crippen molar-refractivity contribution in [2.45, 2.75) is 31.8 Å². The molecule has 2 unspecified atom stereocenters. The quantitative estimate of drug-likeness (QED) is 0.530. The number of hydrogen-bond donors (Lipinski definition) is 2. The molecule has 4 nitrogen and oxygen atoms in total. The molecular weight excluding hydrogens is 372 g/mol. The Balaban J connectivity index is 1.47. The van der Waals surface area contributed by atoms with Crippen LogP contribution in [-0.2, 0) is 4.79 Å². The van der Waals surface area contributed by atoms with Crippen LogP contribution in [0.25, 0.3) is 11.1 Å². The largest absolute Gasteiger partial charge is 0.497 e. The Morgan fingerprint density at radius 1 is 0.933 bits per heavy atom. The lowest BCUT2D eigenvalue weighted by molar-refractivity contribution is -0.118. The van der Waals surface area contributed by atoms with Crippen LogP contribution >= 0.6 is 0 Å². The Hall–Kier alpha value is -3.11. The summed E-state index contributed by atoms with van der Waals surface area (Å²) in [5, 5.41) is 6.68. The fraction of sp³-hybridized carbons (Fsp3) is 0.269. The van der Waals surface area contributed by atoms with E-state index in [2.05, 4.69) is 34.9 Å². The third-order valence-corrected chi connectivity index (χ3v) is 5.66. The highest BCUT2D eigenvalue weighted by Gasteiger charge is 2.34. The summed E-state index contributed by atoms with van der Waals surface area (Å²) in [5.41, 5.74) is 4.13. The van der Waals surface area contributed by atoms with Crippen molar-refractivity contribution >= 4 is 11.6 Å². The Kier molecular flexibility index (Phi) is 6.15. The van der Waals surface area contributed by atoms with Crippen molar-refractivity contribution in [3.05, 3.63) is 84.4 Å². The summed E-state index contributed by atoms with van der Waals surface area (Å²) in [6.45, 7) is 1.93. The van der Waals surface area contributed by atoms with Gasteiger partial charge in [0.2, 0.25) is 5.91 Å². The zero-order valence-electron chi connectivity index (χ0n) is 17.5. The van der Waals surface area contributed by atoms with Crippen LogP contribution in [0.2, 0.25) is 0 Å². The average Bonchev–Trinajstić information content (AvgIpc) is 3.63. The minimum Gasteiger partial charge on any atom is -0.497 e. The number of anilines is 1. The predicted molar refractivity (Wildman–Crippen MR) is 122 cm³/mol. The van der Waals surface area contributed by atoms with Gasteiger partial charge in [0.05, 0.1) is 13.2 Å².